The molecule has 20 valence electrons. The fourth-order valence-electron chi connectivity index (χ4n) is 0. The summed E-state index contributed by atoms with van der Waals surface area (Å²) in [4.78, 5) is 0. The molecule has 0 saturated heterocycles. The minimum absolute atomic E-state index is 0. The molecule has 0 rings (SSSR count). The first-order valence-corrected chi connectivity index (χ1v) is 0.577. The molecule has 0 atom stereocenters. The van der Waals surface area contributed by atoms with Crippen LogP contribution in [0.25, 0.3) is 0 Å². The Balaban J connectivity index is -0.0000000133. The number of terminal acetylenes is 2. The molecule has 1 heteroatoms. The van der Waals surface area contributed by atoms with Crippen molar-refractivity contribution in [3.05, 3.63) is 12.8 Å². The number of hydrogen-bond acceptors (Lipinski definition) is 0. The Bertz CT molecular complexity index is 19.1. The van der Waals surface area contributed by atoms with Gasteiger partial charge in [0.2, 0.25) is 0 Å². The summed E-state index contributed by atoms with van der Waals surface area (Å²) in [6.07, 6.45) is 18.0. The van der Waals surface area contributed by atoms with Crippen molar-refractivity contribution in [3.63, 3.8) is 0 Å². The standard InChI is InChI=1S/2C2H.Ba/c2*1-2;/h2*1H;/q2*-1;+2. The van der Waals surface area contributed by atoms with E-state index < -0.39 is 0 Å². The van der Waals surface area contributed by atoms with Gasteiger partial charge in [-0.05, 0) is 0 Å². The van der Waals surface area contributed by atoms with Gasteiger partial charge < -0.3 is 25.7 Å². The van der Waals surface area contributed by atoms with Gasteiger partial charge in [-0.1, -0.05) is 0 Å². The van der Waals surface area contributed by atoms with E-state index in [0.717, 1.165) is 0 Å². The van der Waals surface area contributed by atoms with E-state index in [0.29, 0.717) is 0 Å². The van der Waals surface area contributed by atoms with Crippen LogP contribution in [0.3, 0.4) is 0 Å². The van der Waals surface area contributed by atoms with E-state index in [4.69, 9.17) is 12.8 Å². The van der Waals surface area contributed by atoms with Crippen LogP contribution in [0.1, 0.15) is 0 Å². The average Bonchev–Trinajstić information content (AvgIpc) is 1.50. The van der Waals surface area contributed by atoms with Gasteiger partial charge in [0.15, 0.2) is 0 Å². The second-order valence-corrected chi connectivity index (χ2v) is 0. The molecule has 0 amide bonds. The number of rotatable bonds is 0. The molecule has 0 nitrogen and oxygen atoms in total. The van der Waals surface area contributed by atoms with Gasteiger partial charge in [-0.3, -0.25) is 0 Å². The zero-order valence-electron chi connectivity index (χ0n) is 2.86. The molecule has 0 N–H and O–H groups in total. The molecular weight excluding hydrogens is 185 g/mol. The normalized spacial score (nSPS) is 0.800. The van der Waals surface area contributed by atoms with Crippen molar-refractivity contribution in [2.24, 2.45) is 0 Å². The van der Waals surface area contributed by atoms with Crippen LogP contribution in [0.2, 0.25) is 0 Å². The fourth-order valence-corrected chi connectivity index (χ4v) is 0. The fraction of sp³-hybridized carbons (Fsp3) is 0. The van der Waals surface area contributed by atoms with Gasteiger partial charge >= 0.3 is 48.9 Å². The predicted octanol–water partition coefficient (Wildman–Crippen LogP) is 0.0312. The summed E-state index contributed by atoms with van der Waals surface area (Å²) < 4.78 is 0. The van der Waals surface area contributed by atoms with Crippen molar-refractivity contribution in [1.29, 1.82) is 0 Å². The Morgan fingerprint density at radius 3 is 0.800 bits per heavy atom. The smallest absolute Gasteiger partial charge is 0.697 e. The Hall–Kier alpha value is 0.691. The van der Waals surface area contributed by atoms with Crippen molar-refractivity contribution < 1.29 is 0 Å². The van der Waals surface area contributed by atoms with E-state index in [1.54, 1.807) is 0 Å². The van der Waals surface area contributed by atoms with E-state index in [-0.39, 0.29) is 48.9 Å². The van der Waals surface area contributed by atoms with E-state index in [2.05, 4.69) is 12.8 Å². The third kappa shape index (κ3) is 71.1. The minimum atomic E-state index is 0. The summed E-state index contributed by atoms with van der Waals surface area (Å²) in [6.45, 7) is 0. The second kappa shape index (κ2) is 134. The van der Waals surface area contributed by atoms with Gasteiger partial charge in [0.25, 0.3) is 0 Å². The van der Waals surface area contributed by atoms with Crippen LogP contribution in [-0.4, -0.2) is 48.9 Å². The van der Waals surface area contributed by atoms with E-state index in [1.807, 2.05) is 0 Å². The van der Waals surface area contributed by atoms with Gasteiger partial charge in [-0.25, -0.2) is 0 Å². The van der Waals surface area contributed by atoms with Crippen LogP contribution in [0.4, 0.5) is 0 Å². The van der Waals surface area contributed by atoms with Gasteiger partial charge in [0.05, 0.1) is 0 Å². The molecule has 0 aliphatic heterocycles. The maximum Gasteiger partial charge on any atom is 2.00 e. The molecule has 0 saturated carbocycles. The summed E-state index contributed by atoms with van der Waals surface area (Å²) in [5, 5.41) is 0. The first kappa shape index (κ1) is 17.3. The van der Waals surface area contributed by atoms with Gasteiger partial charge in [0.1, 0.15) is 0 Å². The molecule has 0 radical (unpaired) electrons. The molecule has 0 unspecified atom stereocenters. The third-order valence-electron chi connectivity index (χ3n) is 0. The first-order chi connectivity index (χ1) is 2.00. The minimum Gasteiger partial charge on any atom is -0.697 e. The SMILES string of the molecule is [Ba+2].[C-]#C.[C-]#C. The van der Waals surface area contributed by atoms with Crippen molar-refractivity contribution in [1.82, 2.24) is 0 Å². The van der Waals surface area contributed by atoms with Gasteiger partial charge in [-0.2, -0.15) is 0 Å². The van der Waals surface area contributed by atoms with Crippen LogP contribution in [-0.2, 0) is 0 Å². The topological polar surface area (TPSA) is 0 Å². The Labute approximate surface area is 73.4 Å². The summed E-state index contributed by atoms with van der Waals surface area (Å²) in [5.74, 6) is 0. The van der Waals surface area contributed by atoms with Gasteiger partial charge in [-0.15, -0.1) is 0 Å². The van der Waals surface area contributed by atoms with Crippen molar-refractivity contribution >= 4 is 48.9 Å². The quantitative estimate of drug-likeness (QED) is 0.285. The maximum absolute atomic E-state index is 5.25. The monoisotopic (exact) mass is 188 g/mol. The van der Waals surface area contributed by atoms with Gasteiger partial charge in [0, 0.05) is 0 Å². The van der Waals surface area contributed by atoms with Crippen LogP contribution >= 0.6 is 0 Å². The van der Waals surface area contributed by atoms with E-state index in [1.165, 1.54) is 0 Å². The molecule has 5 heavy (non-hydrogen) atoms. The van der Waals surface area contributed by atoms with E-state index >= 15 is 0 Å². The van der Waals surface area contributed by atoms with Crippen molar-refractivity contribution in [2.75, 3.05) is 0 Å². The van der Waals surface area contributed by atoms with Crippen LogP contribution in [0.15, 0.2) is 0 Å². The molecular formula is C4H2Ba. The molecule has 0 aromatic rings. The van der Waals surface area contributed by atoms with Crippen molar-refractivity contribution in [2.45, 2.75) is 0 Å². The molecule has 0 aromatic heterocycles. The molecule has 0 fully saturated rings. The zero-order chi connectivity index (χ0) is 4.00. The summed E-state index contributed by atoms with van der Waals surface area (Å²) in [6, 6.07) is 0. The Morgan fingerprint density at radius 2 is 0.800 bits per heavy atom. The molecule has 0 bridgehead atoms. The summed E-state index contributed by atoms with van der Waals surface area (Å²) >= 11 is 0. The molecule has 0 aliphatic rings. The predicted molar refractivity (Wildman–Crippen MR) is 22.1 cm³/mol. The summed E-state index contributed by atoms with van der Waals surface area (Å²) in [5.41, 5.74) is 0. The Morgan fingerprint density at radius 1 is 0.800 bits per heavy atom. The molecule has 0 heterocycles. The molecule has 0 aliphatic carbocycles. The second-order valence-electron chi connectivity index (χ2n) is 0. The van der Waals surface area contributed by atoms with Crippen LogP contribution < -0.4 is 0 Å². The largest absolute Gasteiger partial charge is 2.00 e. The molecule has 0 spiro atoms. The summed E-state index contributed by atoms with van der Waals surface area (Å²) in [7, 11) is 0. The first-order valence-electron chi connectivity index (χ1n) is 0.577. The number of hydrogen-bond donors (Lipinski definition) is 0. The third-order valence-corrected chi connectivity index (χ3v) is 0. The van der Waals surface area contributed by atoms with Crippen LogP contribution in [0.5, 0.6) is 0 Å². The maximum atomic E-state index is 5.25. The van der Waals surface area contributed by atoms with E-state index in [9.17, 15) is 0 Å². The zero-order valence-corrected chi connectivity index (χ0v) is 7.30. The van der Waals surface area contributed by atoms with Crippen LogP contribution in [0, 0.1) is 25.7 Å². The average molecular weight is 187 g/mol. The molecule has 0 aromatic carbocycles. The Kier molecular flexibility index (Phi) is 462. The van der Waals surface area contributed by atoms with Crippen molar-refractivity contribution in [3.8, 4) is 12.8 Å².